The standard InChI is InChI=1S/C21H20F2N2O3/c1-12-8-14(26)11-25(12)19(27)10-24-20(28)13-6-7-18-16(9-13)15-4-2-3-5-17(15)21(18,22)23/h2-7,9,12,14,26H,8,10-11H2,1H3,(H,24,28)/t12?,14-/m1/s1. The van der Waals surface area contributed by atoms with Crippen LogP contribution in [0.25, 0.3) is 11.1 Å². The molecular formula is C21H20F2N2O3. The van der Waals surface area contributed by atoms with Crippen molar-refractivity contribution in [2.45, 2.75) is 31.4 Å². The van der Waals surface area contributed by atoms with E-state index in [9.17, 15) is 23.5 Å². The fourth-order valence-corrected chi connectivity index (χ4v) is 4.03. The van der Waals surface area contributed by atoms with Gasteiger partial charge in [-0.1, -0.05) is 30.3 Å². The van der Waals surface area contributed by atoms with Crippen LogP contribution in [0.1, 0.15) is 34.8 Å². The van der Waals surface area contributed by atoms with Crippen LogP contribution >= 0.6 is 0 Å². The molecule has 1 aliphatic heterocycles. The third-order valence-corrected chi connectivity index (χ3v) is 5.45. The molecule has 1 heterocycles. The molecule has 1 saturated heterocycles. The summed E-state index contributed by atoms with van der Waals surface area (Å²) < 4.78 is 29.2. The Morgan fingerprint density at radius 2 is 1.89 bits per heavy atom. The van der Waals surface area contributed by atoms with Gasteiger partial charge in [0.25, 0.3) is 11.8 Å². The summed E-state index contributed by atoms with van der Waals surface area (Å²) in [6.07, 6.45) is -0.0360. The largest absolute Gasteiger partial charge is 0.391 e. The highest BCUT2D eigenvalue weighted by atomic mass is 19.3. The van der Waals surface area contributed by atoms with Crippen LogP contribution in [0.15, 0.2) is 42.5 Å². The molecule has 5 nitrogen and oxygen atoms in total. The van der Waals surface area contributed by atoms with Crippen molar-refractivity contribution in [3.8, 4) is 11.1 Å². The second-order valence-corrected chi connectivity index (χ2v) is 7.35. The molecule has 0 saturated carbocycles. The summed E-state index contributed by atoms with van der Waals surface area (Å²) in [6.45, 7) is 1.88. The van der Waals surface area contributed by atoms with E-state index in [-0.39, 0.29) is 41.7 Å². The van der Waals surface area contributed by atoms with E-state index < -0.39 is 17.9 Å². The van der Waals surface area contributed by atoms with Crippen molar-refractivity contribution < 1.29 is 23.5 Å². The van der Waals surface area contributed by atoms with Crippen LogP contribution in [0, 0.1) is 0 Å². The van der Waals surface area contributed by atoms with Gasteiger partial charge < -0.3 is 15.3 Å². The molecule has 0 aromatic heterocycles. The molecule has 2 aromatic rings. The molecule has 0 spiro atoms. The number of likely N-dealkylation sites (tertiary alicyclic amines) is 1. The highest BCUT2D eigenvalue weighted by molar-refractivity contribution is 5.98. The van der Waals surface area contributed by atoms with Crippen LogP contribution in [-0.4, -0.2) is 47.1 Å². The Bertz CT molecular complexity index is 960. The minimum atomic E-state index is -3.09. The summed E-state index contributed by atoms with van der Waals surface area (Å²) in [4.78, 5) is 26.3. The lowest BCUT2D eigenvalue weighted by atomic mass is 10.0. The van der Waals surface area contributed by atoms with Crippen molar-refractivity contribution in [3.63, 3.8) is 0 Å². The number of aliphatic hydroxyl groups excluding tert-OH is 1. The summed E-state index contributed by atoms with van der Waals surface area (Å²) in [5.41, 5.74) is 0.762. The van der Waals surface area contributed by atoms with Crippen LogP contribution in [-0.2, 0) is 10.7 Å². The number of carbonyl (C=O) groups is 2. The van der Waals surface area contributed by atoms with Gasteiger partial charge in [0.15, 0.2) is 0 Å². The number of aliphatic hydroxyl groups is 1. The van der Waals surface area contributed by atoms with E-state index in [0.29, 0.717) is 17.5 Å². The maximum Gasteiger partial charge on any atom is 0.299 e. The molecule has 2 N–H and O–H groups in total. The first-order chi connectivity index (χ1) is 13.3. The Morgan fingerprint density at radius 1 is 1.18 bits per heavy atom. The van der Waals surface area contributed by atoms with Gasteiger partial charge in [0, 0.05) is 29.3 Å². The number of hydrogen-bond acceptors (Lipinski definition) is 3. The Morgan fingerprint density at radius 3 is 2.61 bits per heavy atom. The molecule has 1 unspecified atom stereocenters. The van der Waals surface area contributed by atoms with Gasteiger partial charge in [-0.25, -0.2) is 0 Å². The lowest BCUT2D eigenvalue weighted by Crippen LogP contribution is -2.42. The van der Waals surface area contributed by atoms with Gasteiger partial charge in [-0.05, 0) is 36.6 Å². The molecule has 7 heteroatoms. The van der Waals surface area contributed by atoms with Gasteiger partial charge >= 0.3 is 0 Å². The number of nitrogens with one attached hydrogen (secondary N) is 1. The molecule has 2 aromatic carbocycles. The number of carbonyl (C=O) groups excluding carboxylic acids is 2. The summed E-state index contributed by atoms with van der Waals surface area (Å²) in [7, 11) is 0. The lowest BCUT2D eigenvalue weighted by molar-refractivity contribution is -0.130. The monoisotopic (exact) mass is 386 g/mol. The van der Waals surface area contributed by atoms with Gasteiger partial charge in [0.1, 0.15) is 0 Å². The summed E-state index contributed by atoms with van der Waals surface area (Å²) in [5, 5.41) is 12.2. The number of halogens is 2. The van der Waals surface area contributed by atoms with Crippen molar-refractivity contribution in [1.82, 2.24) is 10.2 Å². The Balaban J connectivity index is 1.51. The molecular weight excluding hydrogens is 366 g/mol. The van der Waals surface area contributed by atoms with E-state index in [1.165, 1.54) is 29.2 Å². The first-order valence-electron chi connectivity index (χ1n) is 9.17. The van der Waals surface area contributed by atoms with Crippen LogP contribution in [0.4, 0.5) is 8.78 Å². The van der Waals surface area contributed by atoms with E-state index in [1.807, 2.05) is 6.92 Å². The lowest BCUT2D eigenvalue weighted by Gasteiger charge is -2.21. The maximum absolute atomic E-state index is 14.6. The summed E-state index contributed by atoms with van der Waals surface area (Å²) >= 11 is 0. The fraction of sp³-hybridized carbons (Fsp3) is 0.333. The molecule has 2 amide bonds. The molecule has 2 atom stereocenters. The third-order valence-electron chi connectivity index (χ3n) is 5.45. The van der Waals surface area contributed by atoms with Crippen LogP contribution in [0.3, 0.4) is 0 Å². The van der Waals surface area contributed by atoms with Gasteiger partial charge in [-0.15, -0.1) is 0 Å². The quantitative estimate of drug-likeness (QED) is 0.852. The molecule has 2 aliphatic rings. The molecule has 0 radical (unpaired) electrons. The van der Waals surface area contributed by atoms with E-state index in [4.69, 9.17) is 0 Å². The zero-order valence-corrected chi connectivity index (χ0v) is 15.3. The topological polar surface area (TPSA) is 69.6 Å². The van der Waals surface area contributed by atoms with E-state index in [2.05, 4.69) is 5.32 Å². The predicted molar refractivity (Wildman–Crippen MR) is 99.0 cm³/mol. The summed E-state index contributed by atoms with van der Waals surface area (Å²) in [5.74, 6) is -3.88. The van der Waals surface area contributed by atoms with Gasteiger partial charge in [0.05, 0.1) is 12.6 Å². The average Bonchev–Trinajstić information content (AvgIpc) is 3.13. The average molecular weight is 386 g/mol. The number of nitrogens with zero attached hydrogens (tertiary/aromatic N) is 1. The molecule has 1 aliphatic carbocycles. The van der Waals surface area contributed by atoms with Crippen LogP contribution < -0.4 is 5.32 Å². The second-order valence-electron chi connectivity index (χ2n) is 7.35. The van der Waals surface area contributed by atoms with Gasteiger partial charge in [-0.2, -0.15) is 8.78 Å². The van der Waals surface area contributed by atoms with Crippen LogP contribution in [0.5, 0.6) is 0 Å². The highest BCUT2D eigenvalue weighted by Crippen LogP contribution is 2.50. The Kier molecular flexibility index (Phi) is 4.42. The van der Waals surface area contributed by atoms with Crippen molar-refractivity contribution in [2.75, 3.05) is 13.1 Å². The number of rotatable bonds is 3. The van der Waals surface area contributed by atoms with Crippen molar-refractivity contribution in [1.29, 1.82) is 0 Å². The molecule has 146 valence electrons. The molecule has 1 fully saturated rings. The smallest absolute Gasteiger partial charge is 0.299 e. The minimum absolute atomic E-state index is 0.0701. The highest BCUT2D eigenvalue weighted by Gasteiger charge is 2.44. The maximum atomic E-state index is 14.6. The number of amides is 2. The first-order valence-corrected chi connectivity index (χ1v) is 9.17. The zero-order valence-electron chi connectivity index (χ0n) is 15.3. The molecule has 28 heavy (non-hydrogen) atoms. The van der Waals surface area contributed by atoms with E-state index in [1.54, 1.807) is 18.2 Å². The molecule has 4 rings (SSSR count). The van der Waals surface area contributed by atoms with Crippen LogP contribution in [0.2, 0.25) is 0 Å². The normalized spacial score (nSPS) is 21.9. The first kappa shape index (κ1) is 18.6. The number of benzene rings is 2. The number of hydrogen-bond donors (Lipinski definition) is 2. The van der Waals surface area contributed by atoms with Crippen molar-refractivity contribution >= 4 is 11.8 Å². The fourth-order valence-electron chi connectivity index (χ4n) is 4.03. The molecule has 0 bridgehead atoms. The minimum Gasteiger partial charge on any atom is -0.391 e. The summed E-state index contributed by atoms with van der Waals surface area (Å²) in [6, 6.07) is 10.2. The van der Waals surface area contributed by atoms with Crippen molar-refractivity contribution in [3.05, 3.63) is 59.2 Å². The van der Waals surface area contributed by atoms with E-state index in [0.717, 1.165) is 0 Å². The van der Waals surface area contributed by atoms with Crippen molar-refractivity contribution in [2.24, 2.45) is 0 Å². The zero-order chi connectivity index (χ0) is 20.1. The van der Waals surface area contributed by atoms with Gasteiger partial charge in [-0.3, -0.25) is 9.59 Å². The predicted octanol–water partition coefficient (Wildman–Crippen LogP) is 2.52. The van der Waals surface area contributed by atoms with Gasteiger partial charge in [0.2, 0.25) is 5.91 Å². The Hall–Kier alpha value is -2.80. The van der Waals surface area contributed by atoms with E-state index >= 15 is 0 Å². The second kappa shape index (κ2) is 6.67. The number of alkyl halides is 2. The SMILES string of the molecule is CC1C[C@@H](O)CN1C(=O)CNC(=O)c1ccc2c(c1)-c1ccccc1C2(F)F. The Labute approximate surface area is 161 Å². The third kappa shape index (κ3) is 2.96. The number of fused-ring (bicyclic) bond motifs is 3. The number of β-amino-alcohol motifs (C(OH)–C–C–N with tert-alkyl or cyclic N) is 1.